The van der Waals surface area contributed by atoms with Gasteiger partial charge in [-0.3, -0.25) is 4.79 Å². The van der Waals surface area contributed by atoms with Crippen molar-refractivity contribution in [1.29, 1.82) is 0 Å². The van der Waals surface area contributed by atoms with Crippen LogP contribution in [0.2, 0.25) is 0 Å². The van der Waals surface area contributed by atoms with Gasteiger partial charge in [0.05, 0.1) is 7.11 Å². The van der Waals surface area contributed by atoms with Gasteiger partial charge in [0.15, 0.2) is 5.78 Å². The van der Waals surface area contributed by atoms with E-state index in [0.29, 0.717) is 6.54 Å². The molecule has 1 N–H and O–H groups in total. The van der Waals surface area contributed by atoms with Crippen LogP contribution in [0.3, 0.4) is 0 Å². The quantitative estimate of drug-likeness (QED) is 0.826. The largest absolute Gasteiger partial charge is 0.496 e. The number of hydrogen-bond donors (Lipinski definition) is 1. The van der Waals surface area contributed by atoms with Gasteiger partial charge in [-0.1, -0.05) is 30.3 Å². The second kappa shape index (κ2) is 5.93. The second-order valence-corrected chi connectivity index (χ2v) is 5.88. The lowest BCUT2D eigenvalue weighted by Gasteiger charge is -2.19. The molecule has 1 aliphatic carbocycles. The van der Waals surface area contributed by atoms with Crippen LogP contribution in [0.1, 0.15) is 41.3 Å². The molecule has 3 heteroatoms. The molecule has 0 saturated heterocycles. The van der Waals surface area contributed by atoms with Crippen molar-refractivity contribution in [2.75, 3.05) is 7.11 Å². The monoisotopic (exact) mass is 295 g/mol. The molecule has 1 saturated carbocycles. The smallest absolute Gasteiger partial charge is 0.159 e. The first-order valence-corrected chi connectivity index (χ1v) is 7.63. The predicted octanol–water partition coefficient (Wildman–Crippen LogP) is 3.68. The van der Waals surface area contributed by atoms with Crippen molar-refractivity contribution >= 4 is 5.78 Å². The molecule has 3 nitrogen and oxygen atoms in total. The molecular formula is C19H21NO2. The second-order valence-electron chi connectivity index (χ2n) is 5.88. The van der Waals surface area contributed by atoms with Crippen LogP contribution in [-0.4, -0.2) is 12.9 Å². The van der Waals surface area contributed by atoms with E-state index in [4.69, 9.17) is 4.74 Å². The van der Waals surface area contributed by atoms with Crippen LogP contribution in [-0.2, 0) is 12.1 Å². The van der Waals surface area contributed by atoms with Crippen molar-refractivity contribution in [1.82, 2.24) is 5.32 Å². The fourth-order valence-corrected chi connectivity index (χ4v) is 2.85. The van der Waals surface area contributed by atoms with Crippen molar-refractivity contribution in [2.45, 2.75) is 31.8 Å². The van der Waals surface area contributed by atoms with Gasteiger partial charge in [0.2, 0.25) is 0 Å². The van der Waals surface area contributed by atoms with Crippen molar-refractivity contribution in [3.8, 4) is 5.75 Å². The van der Waals surface area contributed by atoms with Gasteiger partial charge in [0.25, 0.3) is 0 Å². The fourth-order valence-electron chi connectivity index (χ4n) is 2.85. The topological polar surface area (TPSA) is 38.3 Å². The van der Waals surface area contributed by atoms with E-state index in [2.05, 4.69) is 29.6 Å². The third-order valence-corrected chi connectivity index (χ3v) is 4.38. The molecule has 1 fully saturated rings. The molecule has 0 aliphatic heterocycles. The first kappa shape index (κ1) is 14.8. The van der Waals surface area contributed by atoms with Crippen LogP contribution in [0.25, 0.3) is 0 Å². The number of benzene rings is 2. The molecule has 0 unspecified atom stereocenters. The van der Waals surface area contributed by atoms with Gasteiger partial charge in [-0.15, -0.1) is 0 Å². The highest BCUT2D eigenvalue weighted by Gasteiger charge is 2.43. The minimum Gasteiger partial charge on any atom is -0.496 e. The molecule has 2 aromatic carbocycles. The summed E-state index contributed by atoms with van der Waals surface area (Å²) in [6.07, 6.45) is 2.29. The third-order valence-electron chi connectivity index (χ3n) is 4.38. The van der Waals surface area contributed by atoms with Crippen LogP contribution >= 0.6 is 0 Å². The molecule has 0 spiro atoms. The highest BCUT2D eigenvalue weighted by Crippen LogP contribution is 2.45. The van der Waals surface area contributed by atoms with E-state index in [-0.39, 0.29) is 11.3 Å². The molecule has 2 aromatic rings. The number of methoxy groups -OCH3 is 1. The molecule has 1 aliphatic rings. The zero-order chi connectivity index (χ0) is 15.6. The van der Waals surface area contributed by atoms with Crippen molar-refractivity contribution in [3.05, 3.63) is 65.2 Å². The van der Waals surface area contributed by atoms with Crippen LogP contribution in [0.15, 0.2) is 48.5 Å². The Kier molecular flexibility index (Phi) is 3.99. The average molecular weight is 295 g/mol. The maximum atomic E-state index is 11.6. The first-order valence-electron chi connectivity index (χ1n) is 7.63. The zero-order valence-electron chi connectivity index (χ0n) is 13.1. The zero-order valence-corrected chi connectivity index (χ0v) is 13.1. The summed E-state index contributed by atoms with van der Waals surface area (Å²) in [5.41, 5.74) is 3.16. The van der Waals surface area contributed by atoms with Gasteiger partial charge >= 0.3 is 0 Å². The number of ketones is 1. The predicted molar refractivity (Wildman–Crippen MR) is 87.2 cm³/mol. The molecule has 0 heterocycles. The molecule has 3 rings (SSSR count). The molecule has 0 aromatic heterocycles. The Bertz CT molecular complexity index is 675. The lowest BCUT2D eigenvalue weighted by molar-refractivity contribution is 0.101. The molecule has 0 atom stereocenters. The van der Waals surface area contributed by atoms with Gasteiger partial charge in [-0.2, -0.15) is 0 Å². The minimum atomic E-state index is 0.0769. The number of ether oxygens (including phenoxy) is 1. The standard InChI is InChI=1S/C19H21NO2/c1-14(21)15-8-9-18(22-2)16(12-15)13-20-19(10-11-19)17-6-4-3-5-7-17/h3-9,12,20H,10-11,13H2,1-2H3. The summed E-state index contributed by atoms with van der Waals surface area (Å²) in [6.45, 7) is 2.28. The van der Waals surface area contributed by atoms with Crippen LogP contribution in [0.5, 0.6) is 5.75 Å². The maximum Gasteiger partial charge on any atom is 0.159 e. The summed E-state index contributed by atoms with van der Waals surface area (Å²) in [7, 11) is 1.66. The van der Waals surface area contributed by atoms with E-state index in [1.54, 1.807) is 14.0 Å². The minimum absolute atomic E-state index is 0.0769. The molecule has 0 radical (unpaired) electrons. The fraction of sp³-hybridized carbons (Fsp3) is 0.316. The Morgan fingerprint density at radius 2 is 1.91 bits per heavy atom. The summed E-state index contributed by atoms with van der Waals surface area (Å²) >= 11 is 0. The van der Waals surface area contributed by atoms with Crippen LogP contribution < -0.4 is 10.1 Å². The summed E-state index contributed by atoms with van der Waals surface area (Å²) in [5, 5.41) is 3.65. The van der Waals surface area contributed by atoms with E-state index in [1.165, 1.54) is 5.56 Å². The Labute approximate surface area is 131 Å². The number of hydrogen-bond acceptors (Lipinski definition) is 3. The normalized spacial score (nSPS) is 15.4. The third kappa shape index (κ3) is 2.90. The summed E-state index contributed by atoms with van der Waals surface area (Å²) in [4.78, 5) is 11.6. The van der Waals surface area contributed by atoms with Gasteiger partial charge in [-0.25, -0.2) is 0 Å². The Morgan fingerprint density at radius 1 is 1.18 bits per heavy atom. The Balaban J connectivity index is 1.79. The Hall–Kier alpha value is -2.13. The van der Waals surface area contributed by atoms with E-state index >= 15 is 0 Å². The number of carbonyl (C=O) groups excluding carboxylic acids is 1. The number of rotatable bonds is 6. The van der Waals surface area contributed by atoms with Crippen molar-refractivity contribution < 1.29 is 9.53 Å². The number of Topliss-reactive ketones (excluding diaryl/α,β-unsaturated/α-hetero) is 1. The van der Waals surface area contributed by atoms with Gasteiger partial charge < -0.3 is 10.1 Å². The summed E-state index contributed by atoms with van der Waals surface area (Å²) in [6, 6.07) is 16.1. The van der Waals surface area contributed by atoms with E-state index < -0.39 is 0 Å². The number of carbonyl (C=O) groups is 1. The molecular weight excluding hydrogens is 274 g/mol. The maximum absolute atomic E-state index is 11.6. The lowest BCUT2D eigenvalue weighted by Crippen LogP contribution is -2.28. The average Bonchev–Trinajstić information content (AvgIpc) is 3.34. The van der Waals surface area contributed by atoms with Crippen LogP contribution in [0.4, 0.5) is 0 Å². The van der Waals surface area contributed by atoms with Gasteiger partial charge in [0, 0.05) is 23.2 Å². The van der Waals surface area contributed by atoms with Crippen molar-refractivity contribution in [3.63, 3.8) is 0 Å². The van der Waals surface area contributed by atoms with Crippen molar-refractivity contribution in [2.24, 2.45) is 0 Å². The van der Waals surface area contributed by atoms with Gasteiger partial charge in [-0.05, 0) is 43.5 Å². The molecule has 0 amide bonds. The molecule has 0 bridgehead atoms. The Morgan fingerprint density at radius 3 is 2.50 bits per heavy atom. The first-order chi connectivity index (χ1) is 10.6. The van der Waals surface area contributed by atoms with E-state index in [1.807, 2.05) is 24.3 Å². The molecule has 114 valence electrons. The SMILES string of the molecule is COc1ccc(C(C)=O)cc1CNC1(c2ccccc2)CC1. The van der Waals surface area contributed by atoms with E-state index in [9.17, 15) is 4.79 Å². The summed E-state index contributed by atoms with van der Waals surface area (Å²) < 4.78 is 5.42. The highest BCUT2D eigenvalue weighted by molar-refractivity contribution is 5.94. The van der Waals surface area contributed by atoms with Gasteiger partial charge in [0.1, 0.15) is 5.75 Å². The number of nitrogens with one attached hydrogen (secondary N) is 1. The molecule has 22 heavy (non-hydrogen) atoms. The van der Waals surface area contributed by atoms with E-state index in [0.717, 1.165) is 29.7 Å². The summed E-state index contributed by atoms with van der Waals surface area (Å²) in [5.74, 6) is 0.898. The highest BCUT2D eigenvalue weighted by atomic mass is 16.5. The van der Waals surface area contributed by atoms with Crippen LogP contribution in [0, 0.1) is 0 Å². The lowest BCUT2D eigenvalue weighted by atomic mass is 10.0.